The molecule has 0 saturated carbocycles. The topological polar surface area (TPSA) is 105 Å². The van der Waals surface area contributed by atoms with Crippen molar-refractivity contribution in [3.63, 3.8) is 0 Å². The van der Waals surface area contributed by atoms with Crippen molar-refractivity contribution in [1.29, 1.82) is 0 Å². The third kappa shape index (κ3) is 4.72. The Kier molecular flexibility index (Phi) is 5.51. The van der Waals surface area contributed by atoms with Crippen LogP contribution in [0.25, 0.3) is 11.5 Å². The molecule has 0 radical (unpaired) electrons. The number of primary amides is 1. The van der Waals surface area contributed by atoms with E-state index in [1.165, 1.54) is 6.26 Å². The molecule has 1 aromatic heterocycles. The van der Waals surface area contributed by atoms with E-state index >= 15 is 0 Å². The minimum absolute atomic E-state index is 0.0572. The lowest BCUT2D eigenvalue weighted by Crippen LogP contribution is -2.21. The number of hydrogen-bond donors (Lipinski definition) is 1. The highest BCUT2D eigenvalue weighted by atomic mass is 16.5. The molecule has 2 N–H and O–H groups in total. The van der Waals surface area contributed by atoms with E-state index in [9.17, 15) is 9.59 Å². The van der Waals surface area contributed by atoms with Crippen LogP contribution in [0.5, 0.6) is 5.75 Å². The zero-order valence-electron chi connectivity index (χ0n) is 14.7. The normalized spacial score (nSPS) is 10.4. The number of para-hydroxylation sites is 1. The summed E-state index contributed by atoms with van der Waals surface area (Å²) in [6.07, 6.45) is 1.44. The fraction of sp³-hybridized carbons (Fsp3) is 0.150. The Bertz CT molecular complexity index is 947. The lowest BCUT2D eigenvalue weighted by atomic mass is 10.1. The average Bonchev–Trinajstić information content (AvgIpc) is 3.14. The summed E-state index contributed by atoms with van der Waals surface area (Å²) in [5.41, 5.74) is 7.71. The Morgan fingerprint density at radius 1 is 1.11 bits per heavy atom. The van der Waals surface area contributed by atoms with Crippen molar-refractivity contribution in [2.75, 3.05) is 6.61 Å². The van der Waals surface area contributed by atoms with Crippen molar-refractivity contribution in [2.45, 2.75) is 13.5 Å². The Labute approximate surface area is 155 Å². The largest absolute Gasteiger partial charge is 0.483 e. The molecule has 3 aromatic rings. The zero-order valence-corrected chi connectivity index (χ0v) is 14.7. The predicted octanol–water partition coefficient (Wildman–Crippen LogP) is 2.87. The summed E-state index contributed by atoms with van der Waals surface area (Å²) in [5.74, 6) is -0.563. The van der Waals surface area contributed by atoms with Gasteiger partial charge in [0.05, 0.1) is 0 Å². The van der Waals surface area contributed by atoms with Gasteiger partial charge >= 0.3 is 5.97 Å². The van der Waals surface area contributed by atoms with E-state index in [2.05, 4.69) is 4.98 Å². The first-order valence-corrected chi connectivity index (χ1v) is 8.21. The average molecular weight is 366 g/mol. The second-order valence-electron chi connectivity index (χ2n) is 5.84. The highest BCUT2D eigenvalue weighted by molar-refractivity contribution is 5.92. The Balaban J connectivity index is 1.65. The number of carbonyl (C=O) groups excluding carboxylic acids is 2. The van der Waals surface area contributed by atoms with E-state index in [1.54, 1.807) is 24.3 Å². The molecule has 27 heavy (non-hydrogen) atoms. The Hall–Kier alpha value is -3.61. The molecule has 0 aliphatic carbocycles. The summed E-state index contributed by atoms with van der Waals surface area (Å²) in [7, 11) is 0. The number of benzene rings is 2. The molecule has 0 atom stereocenters. The number of nitrogens with zero attached hydrogens (tertiary/aromatic N) is 1. The minimum atomic E-state index is -0.635. The Morgan fingerprint density at radius 3 is 2.59 bits per heavy atom. The molecular formula is C20H18N2O5. The number of amides is 1. The number of nitrogens with two attached hydrogens (primary N) is 1. The number of aryl methyl sites for hydroxylation is 1. The monoisotopic (exact) mass is 366 g/mol. The number of aromatic nitrogens is 1. The maximum absolute atomic E-state index is 12.3. The first-order chi connectivity index (χ1) is 13.0. The van der Waals surface area contributed by atoms with Crippen LogP contribution >= 0.6 is 0 Å². The van der Waals surface area contributed by atoms with Gasteiger partial charge in [-0.05, 0) is 31.2 Å². The number of esters is 1. The third-order valence-electron chi connectivity index (χ3n) is 3.68. The van der Waals surface area contributed by atoms with Gasteiger partial charge in [0.25, 0.3) is 5.91 Å². The highest BCUT2D eigenvalue weighted by Crippen LogP contribution is 2.21. The second-order valence-corrected chi connectivity index (χ2v) is 5.84. The van der Waals surface area contributed by atoms with Gasteiger partial charge in [0.15, 0.2) is 6.61 Å². The van der Waals surface area contributed by atoms with E-state index in [0.29, 0.717) is 11.6 Å². The second kappa shape index (κ2) is 8.18. The quantitative estimate of drug-likeness (QED) is 0.645. The van der Waals surface area contributed by atoms with Gasteiger partial charge in [0.1, 0.15) is 29.9 Å². The maximum Gasteiger partial charge on any atom is 0.342 e. The molecule has 1 heterocycles. The van der Waals surface area contributed by atoms with Gasteiger partial charge in [0.2, 0.25) is 5.89 Å². The maximum atomic E-state index is 12.3. The van der Waals surface area contributed by atoms with Crippen molar-refractivity contribution in [3.05, 3.63) is 71.6 Å². The molecule has 0 fully saturated rings. The summed E-state index contributed by atoms with van der Waals surface area (Å²) >= 11 is 0. The van der Waals surface area contributed by atoms with Crippen molar-refractivity contribution in [2.24, 2.45) is 5.73 Å². The standard InChI is InChI=1S/C20H18N2O5/c1-13-6-8-14(9-7-13)19-22-15(10-26-19)11-27-20(24)16-4-2-3-5-17(16)25-12-18(21)23/h2-10H,11-12H2,1H3,(H2,21,23). The molecule has 0 spiro atoms. The molecule has 138 valence electrons. The third-order valence-corrected chi connectivity index (χ3v) is 3.68. The van der Waals surface area contributed by atoms with E-state index < -0.39 is 11.9 Å². The fourth-order valence-electron chi connectivity index (χ4n) is 2.33. The number of hydrogen-bond acceptors (Lipinski definition) is 6. The lowest BCUT2D eigenvalue weighted by Gasteiger charge is -2.09. The van der Waals surface area contributed by atoms with Crippen molar-refractivity contribution < 1.29 is 23.5 Å². The van der Waals surface area contributed by atoms with Crippen LogP contribution in [0.4, 0.5) is 0 Å². The van der Waals surface area contributed by atoms with Gasteiger partial charge in [-0.25, -0.2) is 9.78 Å². The predicted molar refractivity (Wildman–Crippen MR) is 96.9 cm³/mol. The van der Waals surface area contributed by atoms with Crippen molar-refractivity contribution in [3.8, 4) is 17.2 Å². The van der Waals surface area contributed by atoms with Gasteiger partial charge in [-0.15, -0.1) is 0 Å². The summed E-state index contributed by atoms with van der Waals surface area (Å²) in [6.45, 7) is 1.61. The highest BCUT2D eigenvalue weighted by Gasteiger charge is 2.15. The van der Waals surface area contributed by atoms with E-state index in [-0.39, 0.29) is 24.5 Å². The van der Waals surface area contributed by atoms with Crippen LogP contribution in [0.3, 0.4) is 0 Å². The number of oxazole rings is 1. The van der Waals surface area contributed by atoms with Gasteiger partial charge in [-0.2, -0.15) is 0 Å². The summed E-state index contributed by atoms with van der Waals surface area (Å²) < 4.78 is 15.9. The first kappa shape index (κ1) is 18.2. The van der Waals surface area contributed by atoms with Crippen molar-refractivity contribution >= 4 is 11.9 Å². The summed E-state index contributed by atoms with van der Waals surface area (Å²) in [5, 5.41) is 0. The molecule has 0 saturated heterocycles. The first-order valence-electron chi connectivity index (χ1n) is 8.21. The Morgan fingerprint density at radius 2 is 1.85 bits per heavy atom. The minimum Gasteiger partial charge on any atom is -0.483 e. The fourth-order valence-corrected chi connectivity index (χ4v) is 2.33. The van der Waals surface area contributed by atoms with Crippen LogP contribution < -0.4 is 10.5 Å². The molecule has 7 nitrogen and oxygen atoms in total. The van der Waals surface area contributed by atoms with Crippen LogP contribution in [0.2, 0.25) is 0 Å². The van der Waals surface area contributed by atoms with Gasteiger partial charge in [-0.3, -0.25) is 4.79 Å². The molecule has 0 unspecified atom stereocenters. The number of rotatable bonds is 7. The summed E-state index contributed by atoms with van der Waals surface area (Å²) in [4.78, 5) is 27.5. The van der Waals surface area contributed by atoms with Crippen LogP contribution in [0.1, 0.15) is 21.6 Å². The van der Waals surface area contributed by atoms with Crippen LogP contribution in [0, 0.1) is 6.92 Å². The molecule has 0 aliphatic rings. The van der Waals surface area contributed by atoms with E-state index in [1.807, 2.05) is 31.2 Å². The molecule has 2 aromatic carbocycles. The molecule has 0 aliphatic heterocycles. The van der Waals surface area contributed by atoms with Crippen LogP contribution in [0.15, 0.2) is 59.2 Å². The SMILES string of the molecule is Cc1ccc(-c2nc(COC(=O)c3ccccc3OCC(N)=O)co2)cc1. The van der Waals surface area contributed by atoms with Crippen LogP contribution in [-0.2, 0) is 16.1 Å². The van der Waals surface area contributed by atoms with Gasteiger partial charge < -0.3 is 19.6 Å². The van der Waals surface area contributed by atoms with E-state index in [4.69, 9.17) is 19.6 Å². The van der Waals surface area contributed by atoms with Gasteiger partial charge in [-0.1, -0.05) is 29.8 Å². The molecule has 3 rings (SSSR count). The zero-order chi connectivity index (χ0) is 19.2. The van der Waals surface area contributed by atoms with E-state index in [0.717, 1.165) is 11.1 Å². The molecule has 0 bridgehead atoms. The summed E-state index contributed by atoms with van der Waals surface area (Å²) in [6, 6.07) is 14.2. The lowest BCUT2D eigenvalue weighted by molar-refractivity contribution is -0.119. The number of ether oxygens (including phenoxy) is 2. The van der Waals surface area contributed by atoms with Crippen LogP contribution in [-0.4, -0.2) is 23.5 Å². The van der Waals surface area contributed by atoms with Gasteiger partial charge in [0, 0.05) is 5.56 Å². The molecular weight excluding hydrogens is 348 g/mol. The smallest absolute Gasteiger partial charge is 0.342 e. The molecule has 1 amide bonds. The number of carbonyl (C=O) groups is 2. The molecule has 7 heteroatoms. The van der Waals surface area contributed by atoms with Crippen molar-refractivity contribution in [1.82, 2.24) is 4.98 Å².